The number of hydrogen-bond donors (Lipinski definition) is 1. The van der Waals surface area contributed by atoms with Gasteiger partial charge in [0.25, 0.3) is 5.91 Å². The van der Waals surface area contributed by atoms with Gasteiger partial charge in [-0.3, -0.25) is 14.9 Å². The number of nitrogens with one attached hydrogen (secondary N) is 1. The van der Waals surface area contributed by atoms with Crippen LogP contribution in [0.1, 0.15) is 17.3 Å². The van der Waals surface area contributed by atoms with E-state index in [1.54, 1.807) is 55.6 Å². The van der Waals surface area contributed by atoms with Gasteiger partial charge < -0.3 is 0 Å². The van der Waals surface area contributed by atoms with E-state index >= 15 is 0 Å². The zero-order valence-electron chi connectivity index (χ0n) is 16.7. The summed E-state index contributed by atoms with van der Waals surface area (Å²) in [5, 5.41) is 6.72. The van der Waals surface area contributed by atoms with Crippen LogP contribution in [0, 0.1) is 0 Å². The van der Waals surface area contributed by atoms with Crippen LogP contribution in [0.2, 0.25) is 5.02 Å². The molecule has 0 atom stereocenters. The van der Waals surface area contributed by atoms with E-state index in [9.17, 15) is 14.4 Å². The second kappa shape index (κ2) is 12.0. The molecule has 0 heterocycles. The molecule has 4 amide bonds. The van der Waals surface area contributed by atoms with E-state index in [0.29, 0.717) is 10.7 Å². The van der Waals surface area contributed by atoms with Crippen molar-refractivity contribution in [3.8, 4) is 0 Å². The van der Waals surface area contributed by atoms with Crippen molar-refractivity contribution in [2.45, 2.75) is 6.92 Å². The molecule has 0 spiro atoms. The maximum atomic E-state index is 12.9. The third kappa shape index (κ3) is 7.46. The van der Waals surface area contributed by atoms with Gasteiger partial charge in [0.05, 0.1) is 28.4 Å². The first-order valence-corrected chi connectivity index (χ1v) is 11.7. The van der Waals surface area contributed by atoms with Gasteiger partial charge in [0.2, 0.25) is 0 Å². The third-order valence-electron chi connectivity index (χ3n) is 3.59. The molecule has 164 valence electrons. The molecule has 31 heavy (non-hydrogen) atoms. The Bertz CT molecular complexity index is 991. The number of anilines is 1. The van der Waals surface area contributed by atoms with Crippen molar-refractivity contribution >= 4 is 80.2 Å². The van der Waals surface area contributed by atoms with Crippen LogP contribution < -0.4 is 9.62 Å². The lowest BCUT2D eigenvalue weighted by atomic mass is 10.2. The summed E-state index contributed by atoms with van der Waals surface area (Å²) < 4.78 is 3.00. The number of rotatable bonds is 5. The van der Waals surface area contributed by atoms with Gasteiger partial charge in [0, 0.05) is 11.5 Å². The number of carbonyl (C=O) groups excluding carboxylic acids is 3. The molecule has 2 rings (SSSR count). The summed E-state index contributed by atoms with van der Waals surface area (Å²) in [6.45, 7) is 1.69. The maximum Gasteiger partial charge on any atom is 0.447 e. The third-order valence-corrected chi connectivity index (χ3v) is 6.05. The van der Waals surface area contributed by atoms with Crippen molar-refractivity contribution in [3.05, 3.63) is 63.6 Å². The molecule has 0 unspecified atom stereocenters. The SMILES string of the molecule is CS/C(C)=N/OC(=O)N(C)SN(C(=O)NC(=O)c1ccccc1Cl)c1ccc(Br)cc1. The molecule has 12 heteroatoms. The van der Waals surface area contributed by atoms with Crippen LogP contribution in [0.15, 0.2) is 58.2 Å². The molecule has 0 aliphatic carbocycles. The first kappa shape index (κ1) is 25.1. The number of hydrogen-bond acceptors (Lipinski definition) is 7. The zero-order chi connectivity index (χ0) is 23.0. The summed E-state index contributed by atoms with van der Waals surface area (Å²) in [5.74, 6) is -0.677. The van der Waals surface area contributed by atoms with Crippen LogP contribution in [0.25, 0.3) is 0 Å². The lowest BCUT2D eigenvalue weighted by Gasteiger charge is -2.25. The molecular weight excluding hydrogens is 528 g/mol. The van der Waals surface area contributed by atoms with Gasteiger partial charge in [-0.25, -0.2) is 18.2 Å². The number of imide groups is 1. The summed E-state index contributed by atoms with van der Waals surface area (Å²) in [5.41, 5.74) is 0.564. The van der Waals surface area contributed by atoms with Gasteiger partial charge in [-0.15, -0.1) is 11.8 Å². The average molecular weight is 546 g/mol. The normalized spacial score (nSPS) is 10.9. The Morgan fingerprint density at radius 1 is 1.13 bits per heavy atom. The van der Waals surface area contributed by atoms with Crippen LogP contribution in [-0.4, -0.2) is 40.7 Å². The van der Waals surface area contributed by atoms with E-state index in [-0.39, 0.29) is 10.6 Å². The Kier molecular flexibility index (Phi) is 9.69. The number of urea groups is 1. The van der Waals surface area contributed by atoms with E-state index in [0.717, 1.165) is 25.2 Å². The van der Waals surface area contributed by atoms with E-state index in [2.05, 4.69) is 26.4 Å². The molecule has 0 aliphatic rings. The molecule has 0 fully saturated rings. The summed E-state index contributed by atoms with van der Waals surface area (Å²) in [4.78, 5) is 42.5. The molecule has 0 bridgehead atoms. The van der Waals surface area contributed by atoms with Gasteiger partial charge >= 0.3 is 12.1 Å². The van der Waals surface area contributed by atoms with Gasteiger partial charge in [-0.1, -0.05) is 44.8 Å². The molecule has 0 saturated carbocycles. The Balaban J connectivity index is 2.21. The van der Waals surface area contributed by atoms with E-state index in [4.69, 9.17) is 16.4 Å². The second-order valence-electron chi connectivity index (χ2n) is 5.76. The van der Waals surface area contributed by atoms with Crippen molar-refractivity contribution in [1.82, 2.24) is 9.62 Å². The summed E-state index contributed by atoms with van der Waals surface area (Å²) >= 11 is 11.4. The van der Waals surface area contributed by atoms with E-state index < -0.39 is 18.0 Å². The molecule has 1 N–H and O–H groups in total. The predicted octanol–water partition coefficient (Wildman–Crippen LogP) is 5.79. The standard InChI is InChI=1S/C19H18BrClN4O4S2/c1-12(30-3)23-29-19(28)24(2)31-25(14-10-8-13(20)9-11-14)18(27)22-17(26)15-6-4-5-7-16(15)21/h4-11H,1-3H3,(H,22,26,27)/b23-12+. The Morgan fingerprint density at radius 3 is 2.39 bits per heavy atom. The highest BCUT2D eigenvalue weighted by Gasteiger charge is 2.25. The first-order chi connectivity index (χ1) is 14.7. The molecule has 8 nitrogen and oxygen atoms in total. The van der Waals surface area contributed by atoms with Crippen molar-refractivity contribution in [1.29, 1.82) is 0 Å². The highest BCUT2D eigenvalue weighted by Crippen LogP contribution is 2.27. The first-order valence-electron chi connectivity index (χ1n) is 8.59. The van der Waals surface area contributed by atoms with Crippen LogP contribution >= 0.6 is 51.4 Å². The van der Waals surface area contributed by atoms with Crippen molar-refractivity contribution < 1.29 is 19.2 Å². The highest BCUT2D eigenvalue weighted by atomic mass is 79.9. The van der Waals surface area contributed by atoms with E-state index in [1.807, 2.05) is 0 Å². The molecule has 0 aliphatic heterocycles. The highest BCUT2D eigenvalue weighted by molar-refractivity contribution is 9.10. The fourth-order valence-corrected chi connectivity index (χ4v) is 3.27. The Labute approximate surface area is 201 Å². The topological polar surface area (TPSA) is 91.3 Å². The minimum Gasteiger partial charge on any atom is -0.296 e. The fraction of sp³-hybridized carbons (Fsp3) is 0.158. The minimum absolute atomic E-state index is 0.146. The van der Waals surface area contributed by atoms with Gasteiger partial charge in [-0.05, 0) is 49.6 Å². The molecule has 0 aromatic heterocycles. The number of nitrogens with zero attached hydrogens (tertiary/aromatic N) is 3. The van der Waals surface area contributed by atoms with Crippen molar-refractivity contribution in [2.24, 2.45) is 5.16 Å². The summed E-state index contributed by atoms with van der Waals surface area (Å²) in [7, 11) is 1.41. The van der Waals surface area contributed by atoms with Crippen LogP contribution in [0.3, 0.4) is 0 Å². The number of carbonyl (C=O) groups is 3. The summed E-state index contributed by atoms with van der Waals surface area (Å²) in [6, 6.07) is 12.3. The molecule has 2 aromatic carbocycles. The Hall–Kier alpha value is -2.21. The van der Waals surface area contributed by atoms with Crippen LogP contribution in [0.4, 0.5) is 15.3 Å². The lowest BCUT2D eigenvalue weighted by Crippen LogP contribution is -2.41. The predicted molar refractivity (Wildman–Crippen MR) is 129 cm³/mol. The Morgan fingerprint density at radius 2 is 1.77 bits per heavy atom. The minimum atomic E-state index is -0.800. The van der Waals surface area contributed by atoms with Crippen molar-refractivity contribution in [2.75, 3.05) is 17.6 Å². The quantitative estimate of drug-likeness (QED) is 0.168. The van der Waals surface area contributed by atoms with Crippen LogP contribution in [0.5, 0.6) is 0 Å². The molecular formula is C19H18BrClN4O4S2. The number of benzene rings is 2. The number of halogens is 2. The molecule has 0 saturated heterocycles. The van der Waals surface area contributed by atoms with Crippen molar-refractivity contribution in [3.63, 3.8) is 0 Å². The van der Waals surface area contributed by atoms with Crippen LogP contribution in [-0.2, 0) is 4.84 Å². The van der Waals surface area contributed by atoms with Gasteiger partial charge in [0.1, 0.15) is 5.04 Å². The van der Waals surface area contributed by atoms with E-state index in [1.165, 1.54) is 24.9 Å². The number of thioether (sulfide) groups is 1. The maximum absolute atomic E-state index is 12.9. The smallest absolute Gasteiger partial charge is 0.296 e. The number of amides is 4. The zero-order valence-corrected chi connectivity index (χ0v) is 20.6. The largest absolute Gasteiger partial charge is 0.447 e. The summed E-state index contributed by atoms with van der Waals surface area (Å²) in [6.07, 6.45) is 0.992. The second-order valence-corrected chi connectivity index (χ2v) is 9.16. The molecule has 2 aromatic rings. The molecule has 0 radical (unpaired) electrons. The average Bonchev–Trinajstić information content (AvgIpc) is 2.76. The fourth-order valence-electron chi connectivity index (χ4n) is 1.99. The number of oxime groups is 1. The lowest BCUT2D eigenvalue weighted by molar-refractivity contribution is 0.0966. The van der Waals surface area contributed by atoms with Gasteiger partial charge in [-0.2, -0.15) is 0 Å². The van der Waals surface area contributed by atoms with Gasteiger partial charge in [0.15, 0.2) is 0 Å². The monoisotopic (exact) mass is 544 g/mol.